The molecule has 10 heavy (non-hydrogen) atoms. The first-order valence-corrected chi connectivity index (χ1v) is 3.99. The molecule has 2 unspecified atom stereocenters. The van der Waals surface area contributed by atoms with E-state index in [4.69, 9.17) is 4.74 Å². The molecule has 0 aromatic rings. The Balaban J connectivity index is 2.24. The van der Waals surface area contributed by atoms with Gasteiger partial charge >= 0.3 is 0 Å². The highest BCUT2D eigenvalue weighted by molar-refractivity contribution is 4.77. The fourth-order valence-corrected chi connectivity index (χ4v) is 1.40. The molecule has 0 bridgehead atoms. The van der Waals surface area contributed by atoms with Crippen molar-refractivity contribution in [2.75, 3.05) is 6.54 Å². The Hall–Kier alpha value is -0.0800. The fourth-order valence-electron chi connectivity index (χ4n) is 1.40. The third kappa shape index (κ3) is 1.96. The zero-order valence-electron chi connectivity index (χ0n) is 6.60. The smallest absolute Gasteiger partial charge is 0.0705 e. The van der Waals surface area contributed by atoms with Crippen molar-refractivity contribution in [3.8, 4) is 0 Å². The minimum Gasteiger partial charge on any atom is -0.374 e. The lowest BCUT2D eigenvalue weighted by atomic mass is 10.0. The van der Waals surface area contributed by atoms with Gasteiger partial charge in [0.05, 0.1) is 13.2 Å². The Kier molecular flexibility index (Phi) is 3.16. The van der Waals surface area contributed by atoms with Gasteiger partial charge in [-0.2, -0.15) is 0 Å². The standard InChI is InChI=1S/C8H16NO/c1-7(10-2)8-5-3-4-6-9-8/h7-9H,2-6H2,1H3. The second kappa shape index (κ2) is 3.94. The van der Waals surface area contributed by atoms with Crippen LogP contribution >= 0.6 is 0 Å². The number of hydrogen-bond donors (Lipinski definition) is 1. The number of rotatable bonds is 2. The maximum Gasteiger partial charge on any atom is 0.0705 e. The van der Waals surface area contributed by atoms with Crippen LogP contribution in [0.15, 0.2) is 0 Å². The fraction of sp³-hybridized carbons (Fsp3) is 0.875. The van der Waals surface area contributed by atoms with E-state index in [1.165, 1.54) is 19.3 Å². The van der Waals surface area contributed by atoms with Crippen LogP contribution in [0, 0.1) is 7.11 Å². The minimum absolute atomic E-state index is 0.264. The third-order valence-electron chi connectivity index (χ3n) is 2.18. The molecule has 0 aromatic heterocycles. The Bertz CT molecular complexity index is 89.3. The van der Waals surface area contributed by atoms with Crippen LogP contribution in [0.2, 0.25) is 0 Å². The summed E-state index contributed by atoms with van der Waals surface area (Å²) in [6, 6.07) is 0.534. The van der Waals surface area contributed by atoms with E-state index >= 15 is 0 Å². The molecule has 2 heteroatoms. The van der Waals surface area contributed by atoms with E-state index in [9.17, 15) is 0 Å². The van der Waals surface area contributed by atoms with Crippen molar-refractivity contribution >= 4 is 0 Å². The first-order chi connectivity index (χ1) is 4.84. The van der Waals surface area contributed by atoms with Crippen molar-refractivity contribution in [2.45, 2.75) is 38.3 Å². The molecule has 0 aliphatic carbocycles. The molecule has 1 fully saturated rings. The first kappa shape index (κ1) is 8.02. The summed E-state index contributed by atoms with van der Waals surface area (Å²) in [6.07, 6.45) is 4.13. The van der Waals surface area contributed by atoms with Gasteiger partial charge in [-0.15, -0.1) is 0 Å². The van der Waals surface area contributed by atoms with Crippen LogP contribution in [0.4, 0.5) is 0 Å². The summed E-state index contributed by atoms with van der Waals surface area (Å²) >= 11 is 0. The van der Waals surface area contributed by atoms with Gasteiger partial charge in [0.1, 0.15) is 0 Å². The lowest BCUT2D eigenvalue weighted by Crippen LogP contribution is -2.42. The Morgan fingerprint density at radius 3 is 2.90 bits per heavy atom. The molecule has 59 valence electrons. The van der Waals surface area contributed by atoms with Crippen LogP contribution in [0.1, 0.15) is 26.2 Å². The highest BCUT2D eigenvalue weighted by atomic mass is 16.5. The SMILES string of the molecule is [CH2]OC(C)C1CCCCN1. The summed E-state index contributed by atoms with van der Waals surface area (Å²) < 4.78 is 4.98. The molecule has 0 spiro atoms. The molecule has 0 amide bonds. The van der Waals surface area contributed by atoms with Gasteiger partial charge in [0.15, 0.2) is 0 Å². The zero-order chi connectivity index (χ0) is 7.40. The maximum atomic E-state index is 4.98. The molecule has 1 saturated heterocycles. The number of ether oxygens (including phenoxy) is 1. The molecule has 1 rings (SSSR count). The third-order valence-corrected chi connectivity index (χ3v) is 2.18. The van der Waals surface area contributed by atoms with Crippen molar-refractivity contribution in [1.82, 2.24) is 5.32 Å². The average Bonchev–Trinajstić information content (AvgIpc) is 2.05. The summed E-state index contributed by atoms with van der Waals surface area (Å²) in [5.74, 6) is 0. The summed E-state index contributed by atoms with van der Waals surface area (Å²) in [6.45, 7) is 3.20. The highest BCUT2D eigenvalue weighted by Gasteiger charge is 2.18. The summed E-state index contributed by atoms with van der Waals surface area (Å²) in [5.41, 5.74) is 0. The van der Waals surface area contributed by atoms with E-state index in [0.29, 0.717) is 6.04 Å². The van der Waals surface area contributed by atoms with E-state index in [2.05, 4.69) is 19.4 Å². The molecule has 1 aliphatic heterocycles. The van der Waals surface area contributed by atoms with Gasteiger partial charge in [-0.25, -0.2) is 0 Å². The van der Waals surface area contributed by atoms with Crippen LogP contribution < -0.4 is 5.32 Å². The van der Waals surface area contributed by atoms with Crippen LogP contribution in [0.3, 0.4) is 0 Å². The monoisotopic (exact) mass is 142 g/mol. The van der Waals surface area contributed by atoms with Crippen LogP contribution in [0.5, 0.6) is 0 Å². The highest BCUT2D eigenvalue weighted by Crippen LogP contribution is 2.11. The average molecular weight is 142 g/mol. The second-order valence-electron chi connectivity index (χ2n) is 2.93. The van der Waals surface area contributed by atoms with Crippen molar-refractivity contribution in [1.29, 1.82) is 0 Å². The van der Waals surface area contributed by atoms with Gasteiger partial charge < -0.3 is 10.1 Å². The number of nitrogens with one attached hydrogen (secondary N) is 1. The van der Waals surface area contributed by atoms with Crippen molar-refractivity contribution in [2.24, 2.45) is 0 Å². The van der Waals surface area contributed by atoms with Crippen molar-refractivity contribution < 1.29 is 4.74 Å². The first-order valence-electron chi connectivity index (χ1n) is 3.99. The van der Waals surface area contributed by atoms with Gasteiger partial charge in [-0.3, -0.25) is 0 Å². The predicted molar refractivity (Wildman–Crippen MR) is 41.5 cm³/mol. The van der Waals surface area contributed by atoms with E-state index in [0.717, 1.165) is 6.54 Å². The molecular formula is C8H16NO. The lowest BCUT2D eigenvalue weighted by Gasteiger charge is -2.27. The molecule has 1 heterocycles. The van der Waals surface area contributed by atoms with Gasteiger partial charge in [0.25, 0.3) is 0 Å². The summed E-state index contributed by atoms with van der Waals surface area (Å²) in [5, 5.41) is 3.40. The minimum atomic E-state index is 0.264. The van der Waals surface area contributed by atoms with E-state index < -0.39 is 0 Å². The van der Waals surface area contributed by atoms with Crippen LogP contribution in [0.25, 0.3) is 0 Å². The van der Waals surface area contributed by atoms with Gasteiger partial charge in [0, 0.05) is 6.04 Å². The Labute approximate surface area is 63.0 Å². The van der Waals surface area contributed by atoms with Gasteiger partial charge in [-0.1, -0.05) is 6.42 Å². The lowest BCUT2D eigenvalue weighted by molar-refractivity contribution is 0.102. The zero-order valence-corrected chi connectivity index (χ0v) is 6.60. The number of piperidine rings is 1. The van der Waals surface area contributed by atoms with Crippen molar-refractivity contribution in [3.63, 3.8) is 0 Å². The Morgan fingerprint density at radius 2 is 2.40 bits per heavy atom. The van der Waals surface area contributed by atoms with Crippen LogP contribution in [-0.4, -0.2) is 18.7 Å². The normalized spacial score (nSPS) is 30.0. The van der Waals surface area contributed by atoms with E-state index in [1.54, 1.807) is 0 Å². The molecule has 1 aliphatic rings. The van der Waals surface area contributed by atoms with E-state index in [1.807, 2.05) is 0 Å². The molecule has 1 N–H and O–H groups in total. The van der Waals surface area contributed by atoms with Gasteiger partial charge in [-0.05, 0) is 26.3 Å². The predicted octanol–water partition coefficient (Wildman–Crippen LogP) is 1.33. The molecule has 1 radical (unpaired) electrons. The topological polar surface area (TPSA) is 21.3 Å². The quantitative estimate of drug-likeness (QED) is 0.628. The molecule has 2 atom stereocenters. The number of hydrogen-bond acceptors (Lipinski definition) is 2. The van der Waals surface area contributed by atoms with Gasteiger partial charge in [0.2, 0.25) is 0 Å². The molecule has 2 nitrogen and oxygen atoms in total. The van der Waals surface area contributed by atoms with E-state index in [-0.39, 0.29) is 6.10 Å². The van der Waals surface area contributed by atoms with Crippen molar-refractivity contribution in [3.05, 3.63) is 7.11 Å². The molecule has 0 aromatic carbocycles. The molecular weight excluding hydrogens is 126 g/mol. The Morgan fingerprint density at radius 1 is 1.60 bits per heavy atom. The summed E-state index contributed by atoms with van der Waals surface area (Å²) in [7, 11) is 3.42. The van der Waals surface area contributed by atoms with Crippen LogP contribution in [-0.2, 0) is 4.74 Å². The summed E-state index contributed by atoms with van der Waals surface area (Å²) in [4.78, 5) is 0. The second-order valence-corrected chi connectivity index (χ2v) is 2.93. The maximum absolute atomic E-state index is 4.98. The largest absolute Gasteiger partial charge is 0.374 e. The molecule has 0 saturated carbocycles.